The van der Waals surface area contributed by atoms with Gasteiger partial charge in [0.2, 0.25) is 0 Å². The molecule has 0 bridgehead atoms. The molecule has 182 valence electrons. The molecule has 12 nitrogen and oxygen atoms in total. The molecule has 0 fully saturated rings. The van der Waals surface area contributed by atoms with Crippen LogP contribution in [0.3, 0.4) is 0 Å². The number of thiophene rings is 1. The van der Waals surface area contributed by atoms with E-state index in [1.54, 1.807) is 13.8 Å². The average Bonchev–Trinajstić information content (AvgIpc) is 3.12. The fraction of sp³-hybridized carbons (Fsp3) is 0.333. The van der Waals surface area contributed by atoms with Gasteiger partial charge in [-0.2, -0.15) is 0 Å². The molecule has 0 saturated heterocycles. The van der Waals surface area contributed by atoms with Crippen LogP contribution in [0.15, 0.2) is 18.2 Å². The number of benzene rings is 1. The molecule has 1 N–H and O–H groups in total. The van der Waals surface area contributed by atoms with Crippen LogP contribution in [0.5, 0.6) is 5.75 Å². The molecule has 0 aliphatic carbocycles. The molecule has 13 heteroatoms. The Kier molecular flexibility index (Phi) is 9.07. The number of carbonyl (C=O) groups excluding carboxylic acids is 4. The summed E-state index contributed by atoms with van der Waals surface area (Å²) in [4.78, 5) is 59.7. The number of carbonyl (C=O) groups is 4. The van der Waals surface area contributed by atoms with Gasteiger partial charge in [0.25, 0.3) is 5.91 Å². The highest BCUT2D eigenvalue weighted by molar-refractivity contribution is 7.18. The number of nitrogens with zero attached hydrogens (tertiary/aromatic N) is 1. The van der Waals surface area contributed by atoms with Gasteiger partial charge < -0.3 is 24.3 Å². The van der Waals surface area contributed by atoms with Crippen LogP contribution in [0.2, 0.25) is 0 Å². The average molecular weight is 494 g/mol. The SMILES string of the molecule is CCOC(=O)c1sc(NC(=O)COC(=O)c2ccc(OC)c([N+](=O)[O-])c2)c(C(=O)OCC)c1C. The minimum Gasteiger partial charge on any atom is -0.490 e. The molecule has 0 spiro atoms. The molecule has 0 radical (unpaired) electrons. The Labute approximate surface area is 197 Å². The highest BCUT2D eigenvalue weighted by atomic mass is 32.1. The van der Waals surface area contributed by atoms with Gasteiger partial charge in [-0.25, -0.2) is 14.4 Å². The fourth-order valence-corrected chi connectivity index (χ4v) is 3.88. The molecule has 1 amide bonds. The smallest absolute Gasteiger partial charge is 0.348 e. The number of anilines is 1. The van der Waals surface area contributed by atoms with Crippen molar-refractivity contribution in [1.82, 2.24) is 0 Å². The van der Waals surface area contributed by atoms with Gasteiger partial charge in [0, 0.05) is 6.07 Å². The lowest BCUT2D eigenvalue weighted by Crippen LogP contribution is -2.21. The maximum Gasteiger partial charge on any atom is 0.348 e. The van der Waals surface area contributed by atoms with Gasteiger partial charge in [-0.05, 0) is 38.5 Å². The van der Waals surface area contributed by atoms with E-state index in [2.05, 4.69) is 5.32 Å². The zero-order valence-electron chi connectivity index (χ0n) is 18.8. The fourth-order valence-electron chi connectivity index (χ4n) is 2.78. The number of amides is 1. The largest absolute Gasteiger partial charge is 0.490 e. The standard InChI is InChI=1S/C21H22N2O10S/c1-5-31-20(26)16-11(3)17(21(27)32-6-2)34-18(16)22-15(24)10-33-19(25)12-7-8-14(30-4)13(9-12)23(28)29/h7-9H,5-6,10H2,1-4H3,(H,22,24). The number of esters is 3. The molecular formula is C21H22N2O10S. The molecule has 1 heterocycles. The maximum absolute atomic E-state index is 12.4. The van der Waals surface area contributed by atoms with Gasteiger partial charge in [-0.15, -0.1) is 11.3 Å². The number of nitro groups is 1. The normalized spacial score (nSPS) is 10.2. The van der Waals surface area contributed by atoms with Crippen molar-refractivity contribution in [3.05, 3.63) is 49.9 Å². The number of ether oxygens (including phenoxy) is 4. The summed E-state index contributed by atoms with van der Waals surface area (Å²) >= 11 is 0.820. The second-order valence-corrected chi connectivity index (χ2v) is 7.49. The Morgan fingerprint density at radius 1 is 1.03 bits per heavy atom. The van der Waals surface area contributed by atoms with Crippen LogP contribution in [0.25, 0.3) is 0 Å². The highest BCUT2D eigenvalue weighted by Crippen LogP contribution is 2.34. The second kappa shape index (κ2) is 11.7. The van der Waals surface area contributed by atoms with E-state index >= 15 is 0 Å². The first-order valence-electron chi connectivity index (χ1n) is 9.91. The molecule has 0 atom stereocenters. The highest BCUT2D eigenvalue weighted by Gasteiger charge is 2.27. The number of hydrogen-bond acceptors (Lipinski definition) is 11. The first kappa shape index (κ1) is 26.3. The number of nitro benzene ring substituents is 1. The van der Waals surface area contributed by atoms with E-state index < -0.39 is 41.0 Å². The molecule has 0 aliphatic heterocycles. The third-order valence-corrected chi connectivity index (χ3v) is 5.47. The molecule has 0 saturated carbocycles. The van der Waals surface area contributed by atoms with Gasteiger partial charge in [0.1, 0.15) is 9.88 Å². The lowest BCUT2D eigenvalue weighted by molar-refractivity contribution is -0.385. The van der Waals surface area contributed by atoms with Gasteiger partial charge in [-0.3, -0.25) is 14.9 Å². The Bertz CT molecular complexity index is 1120. The van der Waals surface area contributed by atoms with Crippen molar-refractivity contribution in [2.75, 3.05) is 32.2 Å². The van der Waals surface area contributed by atoms with Gasteiger partial charge >= 0.3 is 23.6 Å². The predicted octanol–water partition coefficient (Wildman–Crippen LogP) is 3.12. The molecule has 0 unspecified atom stereocenters. The van der Waals surface area contributed by atoms with Crippen molar-refractivity contribution >= 4 is 45.8 Å². The van der Waals surface area contributed by atoms with E-state index in [0.717, 1.165) is 17.4 Å². The Hall–Kier alpha value is -4.00. The van der Waals surface area contributed by atoms with Crippen molar-refractivity contribution in [3.8, 4) is 5.75 Å². The molecule has 1 aromatic carbocycles. The summed E-state index contributed by atoms with van der Waals surface area (Å²) in [6, 6.07) is 3.44. The molecule has 2 rings (SSSR count). The van der Waals surface area contributed by atoms with Crippen LogP contribution in [0.1, 0.15) is 49.8 Å². The monoisotopic (exact) mass is 494 g/mol. The van der Waals surface area contributed by atoms with Crippen LogP contribution < -0.4 is 10.1 Å². The molecule has 2 aromatic rings. The lowest BCUT2D eigenvalue weighted by atomic mass is 10.1. The topological polar surface area (TPSA) is 160 Å². The number of hydrogen-bond donors (Lipinski definition) is 1. The van der Waals surface area contributed by atoms with Gasteiger partial charge in [0.15, 0.2) is 12.4 Å². The minimum absolute atomic E-state index is 0.0136. The molecule has 0 aliphatic rings. The first-order chi connectivity index (χ1) is 16.1. The van der Waals surface area contributed by atoms with Crippen molar-refractivity contribution in [2.45, 2.75) is 20.8 Å². The zero-order chi connectivity index (χ0) is 25.4. The maximum atomic E-state index is 12.4. The van der Waals surface area contributed by atoms with Gasteiger partial charge in [0.05, 0.1) is 36.4 Å². The summed E-state index contributed by atoms with van der Waals surface area (Å²) in [5.41, 5.74) is -0.342. The van der Waals surface area contributed by atoms with E-state index in [0.29, 0.717) is 0 Å². The zero-order valence-corrected chi connectivity index (χ0v) is 19.6. The van der Waals surface area contributed by atoms with E-state index in [-0.39, 0.29) is 45.5 Å². The number of methoxy groups -OCH3 is 1. The Morgan fingerprint density at radius 3 is 2.26 bits per heavy atom. The van der Waals surface area contributed by atoms with Crippen molar-refractivity contribution < 1.29 is 43.0 Å². The van der Waals surface area contributed by atoms with E-state index in [4.69, 9.17) is 18.9 Å². The third kappa shape index (κ3) is 6.07. The molecule has 34 heavy (non-hydrogen) atoms. The summed E-state index contributed by atoms with van der Waals surface area (Å²) < 4.78 is 19.8. The van der Waals surface area contributed by atoms with Crippen LogP contribution in [-0.4, -0.2) is 55.7 Å². The summed E-state index contributed by atoms with van der Waals surface area (Å²) in [5.74, 6) is -3.25. The van der Waals surface area contributed by atoms with Gasteiger partial charge in [-0.1, -0.05) is 0 Å². The van der Waals surface area contributed by atoms with Crippen LogP contribution in [0, 0.1) is 17.0 Å². The van der Waals surface area contributed by atoms with Crippen molar-refractivity contribution in [1.29, 1.82) is 0 Å². The third-order valence-electron chi connectivity index (χ3n) is 4.29. The lowest BCUT2D eigenvalue weighted by Gasteiger charge is -2.08. The first-order valence-corrected chi connectivity index (χ1v) is 10.7. The van der Waals surface area contributed by atoms with Crippen LogP contribution >= 0.6 is 11.3 Å². The summed E-state index contributed by atoms with van der Waals surface area (Å²) in [6.45, 7) is 4.18. The number of nitrogens with one attached hydrogen (secondary N) is 1. The summed E-state index contributed by atoms with van der Waals surface area (Å²) in [5, 5.41) is 13.6. The van der Waals surface area contributed by atoms with E-state index in [1.165, 1.54) is 26.2 Å². The molecule has 1 aromatic heterocycles. The number of rotatable bonds is 10. The van der Waals surface area contributed by atoms with E-state index in [9.17, 15) is 29.3 Å². The quantitative estimate of drug-likeness (QED) is 0.225. The van der Waals surface area contributed by atoms with Crippen molar-refractivity contribution in [3.63, 3.8) is 0 Å². The Balaban J connectivity index is 2.18. The predicted molar refractivity (Wildman–Crippen MR) is 120 cm³/mol. The van der Waals surface area contributed by atoms with E-state index in [1.807, 2.05) is 0 Å². The summed E-state index contributed by atoms with van der Waals surface area (Å²) in [6.07, 6.45) is 0. The van der Waals surface area contributed by atoms with Crippen LogP contribution in [-0.2, 0) is 19.0 Å². The van der Waals surface area contributed by atoms with Crippen molar-refractivity contribution in [2.24, 2.45) is 0 Å². The van der Waals surface area contributed by atoms with Crippen LogP contribution in [0.4, 0.5) is 10.7 Å². The minimum atomic E-state index is -0.985. The summed E-state index contributed by atoms with van der Waals surface area (Å²) in [7, 11) is 1.24. The Morgan fingerprint density at radius 2 is 1.68 bits per heavy atom. The second-order valence-electron chi connectivity index (χ2n) is 6.47. The molecular weight excluding hydrogens is 472 g/mol.